The van der Waals surface area contributed by atoms with Crippen LogP contribution in [0, 0.1) is 11.8 Å². The van der Waals surface area contributed by atoms with Gasteiger partial charge in [0.1, 0.15) is 0 Å². The van der Waals surface area contributed by atoms with E-state index in [1.54, 1.807) is 0 Å². The number of ether oxygens (including phenoxy) is 1. The van der Waals surface area contributed by atoms with E-state index in [4.69, 9.17) is 4.74 Å². The second kappa shape index (κ2) is 14.1. The van der Waals surface area contributed by atoms with E-state index in [1.165, 1.54) is 5.56 Å². The quantitative estimate of drug-likeness (QED) is 0.194. The maximum absolute atomic E-state index is 10.3. The summed E-state index contributed by atoms with van der Waals surface area (Å²) in [5, 5.41) is 12.4. The molecule has 3 unspecified atom stereocenters. The molecular formula is C19H29BrNO3Pb. The van der Waals surface area contributed by atoms with E-state index in [0.717, 1.165) is 73.0 Å². The molecule has 0 saturated heterocycles. The number of aliphatic hydroxyl groups excluding tert-OH is 1. The van der Waals surface area contributed by atoms with Crippen LogP contribution in [0.1, 0.15) is 44.1 Å². The van der Waals surface area contributed by atoms with Crippen molar-refractivity contribution in [1.82, 2.24) is 5.32 Å². The predicted octanol–water partition coefficient (Wildman–Crippen LogP) is 3.23. The monoisotopic (exact) mass is 606 g/mol. The van der Waals surface area contributed by atoms with Crippen molar-refractivity contribution in [2.45, 2.75) is 38.5 Å². The molecule has 0 bridgehead atoms. The molecule has 1 aromatic rings. The van der Waals surface area contributed by atoms with Gasteiger partial charge in [-0.05, 0) is 0 Å². The van der Waals surface area contributed by atoms with Crippen molar-refractivity contribution >= 4 is 48.1 Å². The molecule has 0 heterocycles. The summed E-state index contributed by atoms with van der Waals surface area (Å²) in [6, 6.07) is 8.54. The Bertz CT molecular complexity index is 472. The molecule has 0 aliphatic carbocycles. The van der Waals surface area contributed by atoms with Gasteiger partial charge in [-0.3, -0.25) is 4.79 Å². The summed E-state index contributed by atoms with van der Waals surface area (Å²) in [7, 11) is 0. The first-order valence-corrected chi connectivity index (χ1v) is 12.4. The van der Waals surface area contributed by atoms with Gasteiger partial charge in [-0.25, -0.2) is 0 Å². The number of halogens is 1. The third kappa shape index (κ3) is 8.97. The summed E-state index contributed by atoms with van der Waals surface area (Å²) >= 11 is 4.54. The number of aliphatic hydroxyl groups is 1. The van der Waals surface area contributed by atoms with Gasteiger partial charge in [0, 0.05) is 0 Å². The molecule has 3 radical (unpaired) electrons. The Morgan fingerprint density at radius 1 is 1.28 bits per heavy atom. The Balaban J connectivity index is 2.80. The molecule has 139 valence electrons. The van der Waals surface area contributed by atoms with E-state index in [0.29, 0.717) is 18.4 Å². The van der Waals surface area contributed by atoms with Crippen molar-refractivity contribution in [1.29, 1.82) is 0 Å². The molecule has 0 aliphatic rings. The van der Waals surface area contributed by atoms with Crippen LogP contribution in [0.5, 0.6) is 0 Å². The Morgan fingerprint density at radius 3 is 2.60 bits per heavy atom. The van der Waals surface area contributed by atoms with Crippen molar-refractivity contribution in [2.24, 2.45) is 11.8 Å². The molecule has 2 N–H and O–H groups in total. The first kappa shape index (κ1) is 23.1. The molecule has 1 aromatic carbocycles. The van der Waals surface area contributed by atoms with Crippen LogP contribution in [0.2, 0.25) is 0 Å². The second-order valence-corrected chi connectivity index (χ2v) is 8.46. The van der Waals surface area contributed by atoms with Crippen molar-refractivity contribution in [3.63, 3.8) is 0 Å². The van der Waals surface area contributed by atoms with Gasteiger partial charge in [0.2, 0.25) is 0 Å². The fraction of sp³-hybridized carbons (Fsp3) is 0.632. The SMILES string of the molecule is CC(CO)C(CO[CH2][Pb])C(CCCCCNC=O)c1ccc(Br)cc1. The number of unbranched alkanes of at least 4 members (excludes halogenated alkanes) is 2. The summed E-state index contributed by atoms with van der Waals surface area (Å²) in [6.07, 6.45) is 5.03. The number of carbonyl (C=O) groups is 1. The molecule has 0 spiro atoms. The van der Waals surface area contributed by atoms with Crippen molar-refractivity contribution < 1.29 is 14.6 Å². The number of nitrogens with one attached hydrogen (secondary N) is 1. The van der Waals surface area contributed by atoms with E-state index >= 15 is 0 Å². The minimum atomic E-state index is 0.186. The summed E-state index contributed by atoms with van der Waals surface area (Å²) in [6.45, 7) is 3.75. The molecule has 0 aliphatic heterocycles. The summed E-state index contributed by atoms with van der Waals surface area (Å²) in [5.74, 6) is 0.898. The Morgan fingerprint density at radius 2 is 2.00 bits per heavy atom. The number of carbonyl (C=O) groups excluding carboxylic acids is 1. The van der Waals surface area contributed by atoms with Gasteiger partial charge >= 0.3 is 172 Å². The van der Waals surface area contributed by atoms with Gasteiger partial charge in [0.05, 0.1) is 0 Å². The van der Waals surface area contributed by atoms with Crippen LogP contribution in [-0.4, -0.2) is 61.2 Å². The summed E-state index contributed by atoms with van der Waals surface area (Å²) in [5.41, 5.74) is 1.32. The number of hydrogen-bond donors (Lipinski definition) is 2. The molecule has 25 heavy (non-hydrogen) atoms. The number of hydrogen-bond acceptors (Lipinski definition) is 3. The van der Waals surface area contributed by atoms with Crippen LogP contribution in [-0.2, 0) is 9.53 Å². The second-order valence-electron chi connectivity index (χ2n) is 6.42. The Kier molecular flexibility index (Phi) is 13.0. The van der Waals surface area contributed by atoms with Gasteiger partial charge < -0.3 is 0 Å². The zero-order chi connectivity index (χ0) is 18.5. The maximum atomic E-state index is 10.3. The summed E-state index contributed by atoms with van der Waals surface area (Å²) < 4.78 is 7.71. The molecular weight excluding hydrogens is 577 g/mol. The predicted molar refractivity (Wildman–Crippen MR) is 106 cm³/mol. The summed E-state index contributed by atoms with van der Waals surface area (Å²) in [4.78, 5) is 10.3. The number of amides is 1. The standard InChI is InChI=1S/C19H29BrNO3.Pb/c1-15(12-22)19(13-24-2)18(6-4-3-5-11-21-14-23)16-7-9-17(20)10-8-16;/h7-10,14-15,18-19,22H,2-6,11-13H2,1H3,(H,21,23);. The average Bonchev–Trinajstić information content (AvgIpc) is 2.63. The van der Waals surface area contributed by atoms with Crippen molar-refractivity contribution in [3.8, 4) is 0 Å². The van der Waals surface area contributed by atoms with E-state index in [1.807, 2.05) is 0 Å². The van der Waals surface area contributed by atoms with Gasteiger partial charge in [-0.2, -0.15) is 0 Å². The van der Waals surface area contributed by atoms with Crippen LogP contribution in [0.25, 0.3) is 0 Å². The molecule has 3 atom stereocenters. The van der Waals surface area contributed by atoms with Gasteiger partial charge in [0.15, 0.2) is 0 Å². The third-order valence-electron chi connectivity index (χ3n) is 4.67. The van der Waals surface area contributed by atoms with E-state index in [2.05, 4.69) is 52.4 Å². The molecule has 1 amide bonds. The molecule has 0 saturated carbocycles. The van der Waals surface area contributed by atoms with Crippen LogP contribution < -0.4 is 5.32 Å². The molecule has 4 nitrogen and oxygen atoms in total. The normalized spacial score (nSPS) is 14.7. The van der Waals surface area contributed by atoms with E-state index < -0.39 is 0 Å². The topological polar surface area (TPSA) is 58.6 Å². The Hall–Kier alpha value is 0.0121. The van der Waals surface area contributed by atoms with E-state index in [-0.39, 0.29) is 12.5 Å². The van der Waals surface area contributed by atoms with Gasteiger partial charge in [0.25, 0.3) is 0 Å². The number of benzene rings is 1. The van der Waals surface area contributed by atoms with Crippen molar-refractivity contribution in [3.05, 3.63) is 34.3 Å². The fourth-order valence-electron chi connectivity index (χ4n) is 3.17. The van der Waals surface area contributed by atoms with Crippen LogP contribution in [0.3, 0.4) is 0 Å². The zero-order valence-electron chi connectivity index (χ0n) is 14.9. The third-order valence-corrected chi connectivity index (χ3v) is 5.99. The van der Waals surface area contributed by atoms with Crippen molar-refractivity contribution in [2.75, 3.05) is 23.9 Å². The first-order valence-electron chi connectivity index (χ1n) is 8.89. The van der Waals surface area contributed by atoms with Crippen LogP contribution >= 0.6 is 15.9 Å². The number of rotatable bonds is 14. The fourth-order valence-corrected chi connectivity index (χ4v) is 3.89. The molecule has 1 rings (SSSR count). The zero-order valence-corrected chi connectivity index (χ0v) is 20.4. The first-order chi connectivity index (χ1) is 12.1. The van der Waals surface area contributed by atoms with Crippen LogP contribution in [0.15, 0.2) is 28.7 Å². The van der Waals surface area contributed by atoms with Gasteiger partial charge in [-0.15, -0.1) is 0 Å². The molecule has 6 heteroatoms. The van der Waals surface area contributed by atoms with Crippen LogP contribution in [0.4, 0.5) is 0 Å². The molecule has 0 aromatic heterocycles. The average molecular weight is 607 g/mol. The molecule has 0 fully saturated rings. The Labute approximate surface area is 175 Å². The van der Waals surface area contributed by atoms with Gasteiger partial charge in [-0.1, -0.05) is 0 Å². The minimum absolute atomic E-state index is 0.186. The van der Waals surface area contributed by atoms with E-state index in [9.17, 15) is 9.90 Å².